The third-order valence-corrected chi connectivity index (χ3v) is 5.09. The summed E-state index contributed by atoms with van der Waals surface area (Å²) in [4.78, 5) is 17.1. The predicted octanol–water partition coefficient (Wildman–Crippen LogP) is 5.02. The standard InChI is InChI=1S/C18H21ClF3N3O/c1-2-14-15(17(26)23-12-7-5-3-4-6-8-12)25-10-11(18(20,21)22)9-13(19)16(25)24-14/h9-10,12H,2-8H2,1H3,(H,23,26). The van der Waals surface area contributed by atoms with Crippen LogP contribution in [0.4, 0.5) is 13.2 Å². The van der Waals surface area contributed by atoms with Gasteiger partial charge in [-0.25, -0.2) is 4.98 Å². The summed E-state index contributed by atoms with van der Waals surface area (Å²) in [5.41, 5.74) is -0.154. The maximum atomic E-state index is 13.1. The Balaban J connectivity index is 2.02. The summed E-state index contributed by atoms with van der Waals surface area (Å²) in [5, 5.41) is 2.86. The number of aromatic nitrogens is 2. The average Bonchev–Trinajstić information content (AvgIpc) is 2.77. The highest BCUT2D eigenvalue weighted by molar-refractivity contribution is 6.33. The van der Waals surface area contributed by atoms with Crippen LogP contribution in [-0.4, -0.2) is 21.3 Å². The minimum Gasteiger partial charge on any atom is -0.348 e. The Bertz CT molecular complexity index is 808. The predicted molar refractivity (Wildman–Crippen MR) is 93.5 cm³/mol. The number of carbonyl (C=O) groups excluding carboxylic acids is 1. The molecule has 0 bridgehead atoms. The third-order valence-electron chi connectivity index (χ3n) is 4.82. The van der Waals surface area contributed by atoms with Gasteiger partial charge in [-0.1, -0.05) is 44.2 Å². The van der Waals surface area contributed by atoms with E-state index in [0.29, 0.717) is 12.1 Å². The lowest BCUT2D eigenvalue weighted by atomic mass is 10.1. The maximum Gasteiger partial charge on any atom is 0.417 e. The molecule has 1 saturated carbocycles. The van der Waals surface area contributed by atoms with Gasteiger partial charge in [0.1, 0.15) is 5.69 Å². The van der Waals surface area contributed by atoms with Crippen molar-refractivity contribution in [1.29, 1.82) is 0 Å². The zero-order valence-corrected chi connectivity index (χ0v) is 15.3. The van der Waals surface area contributed by atoms with E-state index < -0.39 is 17.6 Å². The molecule has 8 heteroatoms. The molecular formula is C18H21ClF3N3O. The number of alkyl halides is 3. The Morgan fingerprint density at radius 3 is 2.54 bits per heavy atom. The Kier molecular flexibility index (Phi) is 5.46. The van der Waals surface area contributed by atoms with Crippen LogP contribution in [-0.2, 0) is 12.6 Å². The molecule has 1 fully saturated rings. The first kappa shape index (κ1) is 19.0. The van der Waals surface area contributed by atoms with Gasteiger partial charge in [0.2, 0.25) is 0 Å². The lowest BCUT2D eigenvalue weighted by Gasteiger charge is -2.17. The molecule has 0 spiro atoms. The van der Waals surface area contributed by atoms with Crippen LogP contribution in [0, 0.1) is 0 Å². The normalized spacial score (nSPS) is 16.7. The van der Waals surface area contributed by atoms with Gasteiger partial charge < -0.3 is 5.32 Å². The number of rotatable bonds is 3. The van der Waals surface area contributed by atoms with Crippen LogP contribution >= 0.6 is 11.6 Å². The van der Waals surface area contributed by atoms with Crippen molar-refractivity contribution >= 4 is 23.2 Å². The van der Waals surface area contributed by atoms with Gasteiger partial charge in [0.25, 0.3) is 5.91 Å². The largest absolute Gasteiger partial charge is 0.417 e. The zero-order chi connectivity index (χ0) is 18.9. The fourth-order valence-corrected chi connectivity index (χ4v) is 3.72. The zero-order valence-electron chi connectivity index (χ0n) is 14.5. The molecule has 4 nitrogen and oxygen atoms in total. The first-order valence-electron chi connectivity index (χ1n) is 8.89. The van der Waals surface area contributed by atoms with E-state index in [4.69, 9.17) is 11.6 Å². The SMILES string of the molecule is CCc1nc2c(Cl)cc(C(F)(F)F)cn2c1C(=O)NC1CCCCCC1. The third kappa shape index (κ3) is 3.82. The first-order valence-corrected chi connectivity index (χ1v) is 9.27. The van der Waals surface area contributed by atoms with Crippen LogP contribution in [0.2, 0.25) is 5.02 Å². The Morgan fingerprint density at radius 2 is 1.96 bits per heavy atom. The van der Waals surface area contributed by atoms with Crippen molar-refractivity contribution in [2.45, 2.75) is 64.1 Å². The van der Waals surface area contributed by atoms with E-state index in [1.807, 2.05) is 6.92 Å². The van der Waals surface area contributed by atoms with E-state index in [0.717, 1.165) is 50.8 Å². The van der Waals surface area contributed by atoms with Crippen LogP contribution in [0.5, 0.6) is 0 Å². The van der Waals surface area contributed by atoms with Crippen molar-refractivity contribution in [3.05, 3.63) is 34.2 Å². The topological polar surface area (TPSA) is 46.4 Å². The number of fused-ring (bicyclic) bond motifs is 1. The molecule has 26 heavy (non-hydrogen) atoms. The van der Waals surface area contributed by atoms with E-state index in [9.17, 15) is 18.0 Å². The van der Waals surface area contributed by atoms with E-state index in [1.165, 1.54) is 4.40 Å². The van der Waals surface area contributed by atoms with Crippen LogP contribution in [0.3, 0.4) is 0 Å². The summed E-state index contributed by atoms with van der Waals surface area (Å²) in [6, 6.07) is 0.887. The van der Waals surface area contributed by atoms with Gasteiger partial charge in [-0.2, -0.15) is 13.2 Å². The number of halogens is 4. The van der Waals surface area contributed by atoms with Crippen molar-refractivity contribution < 1.29 is 18.0 Å². The van der Waals surface area contributed by atoms with Gasteiger partial charge in [0.15, 0.2) is 5.65 Å². The number of pyridine rings is 1. The quantitative estimate of drug-likeness (QED) is 0.751. The smallest absolute Gasteiger partial charge is 0.348 e. The van der Waals surface area contributed by atoms with Gasteiger partial charge in [0.05, 0.1) is 16.3 Å². The first-order chi connectivity index (χ1) is 12.3. The summed E-state index contributed by atoms with van der Waals surface area (Å²) < 4.78 is 40.6. The number of hydrogen-bond acceptors (Lipinski definition) is 2. The fraction of sp³-hybridized carbons (Fsp3) is 0.556. The molecule has 2 heterocycles. The van der Waals surface area contributed by atoms with Crippen LogP contribution in [0.25, 0.3) is 5.65 Å². The number of aryl methyl sites for hydroxylation is 1. The van der Waals surface area contributed by atoms with E-state index in [1.54, 1.807) is 0 Å². The Labute approximate surface area is 154 Å². The van der Waals surface area contributed by atoms with Crippen molar-refractivity contribution in [1.82, 2.24) is 14.7 Å². The molecule has 142 valence electrons. The molecule has 0 aromatic carbocycles. The molecule has 3 rings (SSSR count). The minimum atomic E-state index is -4.55. The summed E-state index contributed by atoms with van der Waals surface area (Å²) >= 11 is 6.01. The molecule has 0 saturated heterocycles. The van der Waals surface area contributed by atoms with Crippen LogP contribution in [0.1, 0.15) is 67.2 Å². The van der Waals surface area contributed by atoms with Gasteiger partial charge in [0, 0.05) is 12.2 Å². The molecule has 1 amide bonds. The molecule has 2 aromatic rings. The fourth-order valence-electron chi connectivity index (χ4n) is 3.47. The van der Waals surface area contributed by atoms with Gasteiger partial charge in [-0.05, 0) is 25.3 Å². The van der Waals surface area contributed by atoms with Crippen molar-refractivity contribution in [2.75, 3.05) is 0 Å². The lowest BCUT2D eigenvalue weighted by molar-refractivity contribution is -0.137. The minimum absolute atomic E-state index is 0.0431. The molecule has 1 N–H and O–H groups in total. The van der Waals surface area contributed by atoms with E-state index >= 15 is 0 Å². The summed E-state index contributed by atoms with van der Waals surface area (Å²) in [7, 11) is 0. The summed E-state index contributed by atoms with van der Waals surface area (Å²) in [6.45, 7) is 1.81. The van der Waals surface area contributed by atoms with Crippen LogP contribution in [0.15, 0.2) is 12.3 Å². The number of imidazole rings is 1. The summed E-state index contributed by atoms with van der Waals surface area (Å²) in [6.07, 6.45) is 2.92. The number of nitrogens with one attached hydrogen (secondary N) is 1. The second-order valence-corrected chi connectivity index (χ2v) is 7.10. The van der Waals surface area contributed by atoms with Crippen molar-refractivity contribution in [3.63, 3.8) is 0 Å². The molecular weight excluding hydrogens is 367 g/mol. The Morgan fingerprint density at radius 1 is 1.31 bits per heavy atom. The molecule has 0 atom stereocenters. The van der Waals surface area contributed by atoms with Crippen LogP contribution < -0.4 is 5.32 Å². The van der Waals surface area contributed by atoms with Gasteiger partial charge in [-0.3, -0.25) is 9.20 Å². The molecule has 0 unspecified atom stereocenters. The second kappa shape index (κ2) is 7.47. The average molecular weight is 388 g/mol. The van der Waals surface area contributed by atoms with Crippen molar-refractivity contribution in [3.8, 4) is 0 Å². The number of hydrogen-bond donors (Lipinski definition) is 1. The van der Waals surface area contributed by atoms with Crippen molar-refractivity contribution in [2.24, 2.45) is 0 Å². The van der Waals surface area contributed by atoms with E-state index in [2.05, 4.69) is 10.3 Å². The number of carbonyl (C=O) groups is 1. The molecule has 2 aromatic heterocycles. The highest BCUT2D eigenvalue weighted by atomic mass is 35.5. The number of amides is 1. The monoisotopic (exact) mass is 387 g/mol. The van der Waals surface area contributed by atoms with Gasteiger partial charge >= 0.3 is 6.18 Å². The molecule has 1 aliphatic carbocycles. The second-order valence-electron chi connectivity index (χ2n) is 6.69. The summed E-state index contributed by atoms with van der Waals surface area (Å²) in [5.74, 6) is -0.392. The molecule has 1 aliphatic rings. The molecule has 0 aliphatic heterocycles. The lowest BCUT2D eigenvalue weighted by Crippen LogP contribution is -2.35. The maximum absolute atomic E-state index is 13.1. The Hall–Kier alpha value is -1.76. The highest BCUT2D eigenvalue weighted by Crippen LogP contribution is 2.33. The van der Waals surface area contributed by atoms with Gasteiger partial charge in [-0.15, -0.1) is 0 Å². The van der Waals surface area contributed by atoms with E-state index in [-0.39, 0.29) is 22.4 Å². The number of nitrogens with zero attached hydrogens (tertiary/aromatic N) is 2. The highest BCUT2D eigenvalue weighted by Gasteiger charge is 2.33. The molecule has 0 radical (unpaired) electrons.